The second-order valence-corrected chi connectivity index (χ2v) is 8.68. The van der Waals surface area contributed by atoms with Crippen LogP contribution in [0.1, 0.15) is 34.0 Å². The number of piperazine rings is 1. The molecule has 4 rings (SSSR count). The lowest BCUT2D eigenvalue weighted by molar-refractivity contribution is -0.137. The average Bonchev–Trinajstić information content (AvgIpc) is 2.88. The summed E-state index contributed by atoms with van der Waals surface area (Å²) in [5.74, 6) is 1.26. The lowest BCUT2D eigenvalue weighted by Gasteiger charge is -2.36. The normalized spacial score (nSPS) is 14.0. The Hall–Kier alpha value is -3.68. The summed E-state index contributed by atoms with van der Waals surface area (Å²) in [6, 6.07) is 18.3. The molecule has 3 aromatic carbocycles. The van der Waals surface area contributed by atoms with Gasteiger partial charge in [0.1, 0.15) is 18.1 Å². The van der Waals surface area contributed by atoms with E-state index in [-0.39, 0.29) is 12.5 Å². The number of carbonyl (C=O) groups excluding carboxylic acids is 1. The van der Waals surface area contributed by atoms with E-state index in [9.17, 15) is 18.0 Å². The second-order valence-electron chi connectivity index (χ2n) is 8.68. The van der Waals surface area contributed by atoms with Gasteiger partial charge in [-0.05, 0) is 62.4 Å². The van der Waals surface area contributed by atoms with Gasteiger partial charge in [-0.15, -0.1) is 0 Å². The van der Waals surface area contributed by atoms with E-state index < -0.39 is 11.7 Å². The van der Waals surface area contributed by atoms with Gasteiger partial charge in [-0.2, -0.15) is 13.2 Å². The van der Waals surface area contributed by atoms with Crippen molar-refractivity contribution >= 4 is 11.6 Å². The van der Waals surface area contributed by atoms with Crippen LogP contribution in [-0.2, 0) is 12.8 Å². The number of halogens is 3. The maximum atomic E-state index is 13.2. The summed E-state index contributed by atoms with van der Waals surface area (Å²) in [6.07, 6.45) is -4.39. The van der Waals surface area contributed by atoms with Crippen molar-refractivity contribution in [2.24, 2.45) is 0 Å². The molecule has 5 nitrogen and oxygen atoms in total. The molecule has 0 radical (unpaired) electrons. The molecule has 1 heterocycles. The molecule has 0 unspecified atom stereocenters. The van der Waals surface area contributed by atoms with E-state index >= 15 is 0 Å². The van der Waals surface area contributed by atoms with Crippen molar-refractivity contribution in [3.05, 3.63) is 89.0 Å². The molecule has 0 saturated carbocycles. The number of hydrogen-bond acceptors (Lipinski definition) is 4. The first-order valence-electron chi connectivity index (χ1n) is 11.9. The molecular formula is C28H29F3N2O3. The van der Waals surface area contributed by atoms with Crippen LogP contribution in [0.15, 0.2) is 66.7 Å². The summed E-state index contributed by atoms with van der Waals surface area (Å²) >= 11 is 0. The highest BCUT2D eigenvalue weighted by molar-refractivity contribution is 5.94. The van der Waals surface area contributed by atoms with Crippen molar-refractivity contribution < 1.29 is 27.4 Å². The summed E-state index contributed by atoms with van der Waals surface area (Å²) in [7, 11) is 0. The van der Waals surface area contributed by atoms with Gasteiger partial charge in [0.25, 0.3) is 5.91 Å². The van der Waals surface area contributed by atoms with Crippen LogP contribution < -0.4 is 14.4 Å². The maximum absolute atomic E-state index is 13.2. The van der Waals surface area contributed by atoms with Gasteiger partial charge >= 0.3 is 6.18 Å². The first kappa shape index (κ1) is 25.4. The molecule has 1 aliphatic heterocycles. The zero-order chi connectivity index (χ0) is 25.7. The van der Waals surface area contributed by atoms with Crippen molar-refractivity contribution in [3.8, 4) is 11.5 Å². The van der Waals surface area contributed by atoms with Crippen LogP contribution in [0.4, 0.5) is 18.9 Å². The maximum Gasteiger partial charge on any atom is 0.416 e. The van der Waals surface area contributed by atoms with E-state index in [1.165, 1.54) is 6.07 Å². The topological polar surface area (TPSA) is 42.0 Å². The number of hydrogen-bond donors (Lipinski definition) is 0. The Bertz CT molecular complexity index is 1190. The zero-order valence-electron chi connectivity index (χ0n) is 20.3. The summed E-state index contributed by atoms with van der Waals surface area (Å²) in [5.41, 5.74) is 2.26. The molecule has 1 aliphatic rings. The fraction of sp³-hybridized carbons (Fsp3) is 0.321. The molecule has 1 fully saturated rings. The minimum absolute atomic E-state index is 0.127. The third-order valence-corrected chi connectivity index (χ3v) is 6.13. The van der Waals surface area contributed by atoms with Gasteiger partial charge in [0.15, 0.2) is 0 Å². The molecule has 3 aromatic rings. The van der Waals surface area contributed by atoms with Crippen LogP contribution in [-0.4, -0.2) is 43.6 Å². The predicted octanol–water partition coefficient (Wildman–Crippen LogP) is 5.95. The molecular weight excluding hydrogens is 469 g/mol. The molecule has 190 valence electrons. The Morgan fingerprint density at radius 2 is 1.64 bits per heavy atom. The van der Waals surface area contributed by atoms with E-state index in [1.54, 1.807) is 29.2 Å². The van der Waals surface area contributed by atoms with Gasteiger partial charge in [0, 0.05) is 43.0 Å². The molecule has 0 bridgehead atoms. The van der Waals surface area contributed by atoms with Crippen LogP contribution in [0.25, 0.3) is 0 Å². The molecule has 0 aliphatic carbocycles. The molecule has 1 saturated heterocycles. The fourth-order valence-corrected chi connectivity index (χ4v) is 4.15. The van der Waals surface area contributed by atoms with Crippen LogP contribution in [0.3, 0.4) is 0 Å². The van der Waals surface area contributed by atoms with Crippen LogP contribution >= 0.6 is 0 Å². The van der Waals surface area contributed by atoms with E-state index in [0.717, 1.165) is 29.0 Å². The molecule has 0 N–H and O–H groups in total. The van der Waals surface area contributed by atoms with Crippen molar-refractivity contribution in [1.29, 1.82) is 0 Å². The number of anilines is 1. The number of ether oxygens (including phenoxy) is 2. The smallest absolute Gasteiger partial charge is 0.416 e. The lowest BCUT2D eigenvalue weighted by atomic mass is 10.1. The summed E-state index contributed by atoms with van der Waals surface area (Å²) in [6.45, 7) is 6.38. The molecule has 36 heavy (non-hydrogen) atoms. The Labute approximate surface area is 209 Å². The second kappa shape index (κ2) is 10.9. The highest BCUT2D eigenvalue weighted by Gasteiger charge is 2.31. The van der Waals surface area contributed by atoms with Crippen molar-refractivity contribution in [2.75, 3.05) is 37.7 Å². The number of amides is 1. The van der Waals surface area contributed by atoms with Gasteiger partial charge in [-0.3, -0.25) is 4.79 Å². The quantitative estimate of drug-likeness (QED) is 0.404. The summed E-state index contributed by atoms with van der Waals surface area (Å²) in [4.78, 5) is 16.8. The number of rotatable bonds is 7. The van der Waals surface area contributed by atoms with Gasteiger partial charge in [0.2, 0.25) is 0 Å². The predicted molar refractivity (Wildman–Crippen MR) is 133 cm³/mol. The van der Waals surface area contributed by atoms with E-state index in [0.29, 0.717) is 49.8 Å². The Morgan fingerprint density at radius 3 is 2.31 bits per heavy atom. The lowest BCUT2D eigenvalue weighted by Crippen LogP contribution is -2.48. The van der Waals surface area contributed by atoms with Crippen molar-refractivity contribution in [2.45, 2.75) is 26.6 Å². The van der Waals surface area contributed by atoms with Crippen molar-refractivity contribution in [1.82, 2.24) is 4.90 Å². The summed E-state index contributed by atoms with van der Waals surface area (Å²) in [5, 5.41) is 0. The standard InChI is InChI=1S/C28H29F3N2O3/c1-3-35-26-12-9-21(17-22(26)19-36-25-10-7-20(2)8-11-25)27(34)33-15-13-32(14-16-33)24-6-4-5-23(18-24)28(29,30)31/h4-12,17-18H,3,13-16,19H2,1-2H3. The first-order chi connectivity index (χ1) is 17.2. The van der Waals surface area contributed by atoms with Crippen molar-refractivity contribution in [3.63, 3.8) is 0 Å². The Morgan fingerprint density at radius 1 is 0.917 bits per heavy atom. The van der Waals surface area contributed by atoms with Gasteiger partial charge in [-0.1, -0.05) is 23.8 Å². The van der Waals surface area contributed by atoms with Gasteiger partial charge < -0.3 is 19.3 Å². The molecule has 0 atom stereocenters. The van der Waals surface area contributed by atoms with Crippen LogP contribution in [0.5, 0.6) is 11.5 Å². The van der Waals surface area contributed by atoms with Crippen LogP contribution in [0, 0.1) is 6.92 Å². The SMILES string of the molecule is CCOc1ccc(C(=O)N2CCN(c3cccc(C(F)(F)F)c3)CC2)cc1COc1ccc(C)cc1. The monoisotopic (exact) mass is 498 g/mol. The largest absolute Gasteiger partial charge is 0.493 e. The fourth-order valence-electron chi connectivity index (χ4n) is 4.15. The number of nitrogens with zero attached hydrogens (tertiary/aromatic N) is 2. The Kier molecular flexibility index (Phi) is 7.72. The van der Waals surface area contributed by atoms with Gasteiger partial charge in [-0.25, -0.2) is 0 Å². The number of benzene rings is 3. The number of carbonyl (C=O) groups is 1. The molecule has 0 aromatic heterocycles. The average molecular weight is 499 g/mol. The minimum Gasteiger partial charge on any atom is -0.493 e. The molecule has 1 amide bonds. The van der Waals surface area contributed by atoms with E-state index in [4.69, 9.17) is 9.47 Å². The highest BCUT2D eigenvalue weighted by atomic mass is 19.4. The first-order valence-corrected chi connectivity index (χ1v) is 11.9. The Balaban J connectivity index is 1.43. The third kappa shape index (κ3) is 6.11. The third-order valence-electron chi connectivity index (χ3n) is 6.13. The van der Waals surface area contributed by atoms with E-state index in [1.807, 2.05) is 43.0 Å². The minimum atomic E-state index is -4.39. The summed E-state index contributed by atoms with van der Waals surface area (Å²) < 4.78 is 50.9. The number of alkyl halides is 3. The van der Waals surface area contributed by atoms with Gasteiger partial charge in [0.05, 0.1) is 12.2 Å². The number of aryl methyl sites for hydroxylation is 1. The van der Waals surface area contributed by atoms with E-state index in [2.05, 4.69) is 0 Å². The highest BCUT2D eigenvalue weighted by Crippen LogP contribution is 2.32. The molecule has 0 spiro atoms. The van der Waals surface area contributed by atoms with Crippen LogP contribution in [0.2, 0.25) is 0 Å². The zero-order valence-corrected chi connectivity index (χ0v) is 20.3. The molecule has 8 heteroatoms.